The Kier molecular flexibility index (Phi) is 14.2. The molecule has 2 aliphatic heterocycles. The molecule has 9 rings (SSSR count). The fourth-order valence-corrected chi connectivity index (χ4v) is 9.02. The average molecular weight is 915 g/mol. The summed E-state index contributed by atoms with van der Waals surface area (Å²) in [6.07, 6.45) is 8.39. The summed E-state index contributed by atoms with van der Waals surface area (Å²) in [5.41, 5.74) is 5.75. The Bertz CT molecular complexity index is 2870. The molecule has 8 bridgehead atoms. The summed E-state index contributed by atoms with van der Waals surface area (Å²) in [5.74, 6) is 6.96. The average Bonchev–Trinajstić information content (AvgIpc) is 4.10. The quantitative estimate of drug-likeness (QED) is 0.0757. The first kappa shape index (κ1) is 46.5. The molecule has 0 unspecified atom stereocenters. The second kappa shape index (κ2) is 20.8. The highest BCUT2D eigenvalue weighted by molar-refractivity contribution is 6.07. The molecule has 0 saturated carbocycles. The van der Waals surface area contributed by atoms with Gasteiger partial charge in [-0.25, -0.2) is 29.9 Å². The van der Waals surface area contributed by atoms with Gasteiger partial charge >= 0.3 is 0 Å². The Hall–Kier alpha value is -6.56. The Morgan fingerprint density at radius 3 is 0.926 bits per heavy atom. The van der Waals surface area contributed by atoms with Gasteiger partial charge in [0.1, 0.15) is 45.6 Å². The van der Waals surface area contributed by atoms with E-state index in [9.17, 15) is 0 Å². The summed E-state index contributed by atoms with van der Waals surface area (Å²) in [6.45, 7) is 20.2. The van der Waals surface area contributed by atoms with Crippen molar-refractivity contribution in [2.45, 2.75) is 107 Å². The monoisotopic (exact) mass is 915 g/mol. The van der Waals surface area contributed by atoms with Crippen molar-refractivity contribution >= 4 is 44.1 Å². The molecule has 0 atom stereocenters. The molecule has 12 heteroatoms. The van der Waals surface area contributed by atoms with E-state index in [1.807, 2.05) is 48.5 Å². The van der Waals surface area contributed by atoms with Crippen LogP contribution in [-0.4, -0.2) is 66.3 Å². The minimum atomic E-state index is 0.459. The summed E-state index contributed by atoms with van der Waals surface area (Å²) in [6, 6.07) is 24.4. The lowest BCUT2D eigenvalue weighted by Gasteiger charge is -2.14. The maximum atomic E-state index is 6.43. The predicted octanol–water partition coefficient (Wildman–Crippen LogP) is 14.1. The molecule has 2 N–H and O–H groups in total. The molecule has 7 aromatic rings. The van der Waals surface area contributed by atoms with Gasteiger partial charge in [-0.1, -0.05) is 107 Å². The van der Waals surface area contributed by atoms with Crippen LogP contribution in [0, 0.1) is 23.7 Å². The zero-order valence-electron chi connectivity index (χ0n) is 41.0. The first-order valence-corrected chi connectivity index (χ1v) is 25.2. The van der Waals surface area contributed by atoms with E-state index in [1.54, 1.807) is 0 Å². The Balaban J connectivity index is 1.31. The maximum Gasteiger partial charge on any atom is 0.164 e. The van der Waals surface area contributed by atoms with Crippen LogP contribution in [0.4, 0.5) is 0 Å². The van der Waals surface area contributed by atoms with E-state index in [0.717, 1.165) is 118 Å². The summed E-state index contributed by atoms with van der Waals surface area (Å²) in [5, 5.41) is 3.45. The number of rotatable bonds is 20. The predicted molar refractivity (Wildman–Crippen MR) is 274 cm³/mol. The number of benzene rings is 4. The van der Waals surface area contributed by atoms with Crippen LogP contribution in [0.15, 0.2) is 72.8 Å². The summed E-state index contributed by atoms with van der Waals surface area (Å²) in [7, 11) is 0. The van der Waals surface area contributed by atoms with Gasteiger partial charge in [0.15, 0.2) is 23.3 Å². The number of H-pyrrole nitrogens is 2. The summed E-state index contributed by atoms with van der Waals surface area (Å²) in [4.78, 5) is 38.8. The normalized spacial score (nSPS) is 12.2. The van der Waals surface area contributed by atoms with E-state index in [2.05, 4.69) is 89.6 Å². The van der Waals surface area contributed by atoms with Gasteiger partial charge in [0, 0.05) is 43.8 Å². The highest BCUT2D eigenvalue weighted by Crippen LogP contribution is 2.40. The molecule has 12 nitrogen and oxygen atoms in total. The molecule has 0 spiro atoms. The number of nitrogens with one attached hydrogen (secondary N) is 2. The van der Waals surface area contributed by atoms with Crippen LogP contribution in [0.25, 0.3) is 89.7 Å². The number of aromatic nitrogens is 8. The Morgan fingerprint density at radius 1 is 0.324 bits per heavy atom. The lowest BCUT2D eigenvalue weighted by Crippen LogP contribution is -2.10. The Labute approximate surface area is 399 Å². The van der Waals surface area contributed by atoms with Crippen LogP contribution in [0.1, 0.15) is 107 Å². The van der Waals surface area contributed by atoms with Gasteiger partial charge in [0.25, 0.3) is 0 Å². The van der Waals surface area contributed by atoms with Crippen molar-refractivity contribution in [1.82, 2.24) is 39.9 Å². The van der Waals surface area contributed by atoms with Crippen LogP contribution in [0.3, 0.4) is 0 Å². The van der Waals surface area contributed by atoms with Crippen LogP contribution in [0.5, 0.6) is 23.0 Å². The highest BCUT2D eigenvalue weighted by Gasteiger charge is 2.24. The standard InChI is InChI=1S/C56H66N8O4/c1-9-33(10-2)29-65-37-17-21-41-45(25-37)53-57-49(41)62-54-47-27-39(67-31-35(13-5)14-6)19-23-43(47)51(59-54)64-56-48-28-40(68-32-36(15-7)16-8)20-24-44(48)52(60-56)63-55-46-26-38(66-30-34(11-3)12-4)18-22-42(46)50(58-55)61-53/h17-28,33-36H,9-16,29-32H2,1-8H3,(H2,57,58,59,60,61,62,63,64). The topological polar surface area (TPSA) is 146 Å². The van der Waals surface area contributed by atoms with Gasteiger partial charge in [-0.05, 0) is 96.5 Å². The van der Waals surface area contributed by atoms with E-state index in [4.69, 9.17) is 48.9 Å². The molecular weight excluding hydrogens is 849 g/mol. The molecule has 0 amide bonds. The smallest absolute Gasteiger partial charge is 0.164 e. The van der Waals surface area contributed by atoms with Crippen molar-refractivity contribution in [2.75, 3.05) is 26.4 Å². The summed E-state index contributed by atoms with van der Waals surface area (Å²) >= 11 is 0. The molecule has 0 saturated heterocycles. The van der Waals surface area contributed by atoms with Crippen molar-refractivity contribution in [3.05, 3.63) is 72.8 Å². The van der Waals surface area contributed by atoms with Gasteiger partial charge < -0.3 is 28.9 Å². The largest absolute Gasteiger partial charge is 0.493 e. The third-order valence-electron chi connectivity index (χ3n) is 14.3. The molecule has 0 fully saturated rings. The van der Waals surface area contributed by atoms with Crippen molar-refractivity contribution in [3.8, 4) is 68.5 Å². The zero-order chi connectivity index (χ0) is 47.3. The van der Waals surface area contributed by atoms with E-state index in [1.165, 1.54) is 0 Å². The minimum Gasteiger partial charge on any atom is -0.493 e. The molecule has 354 valence electrons. The SMILES string of the molecule is CCC(CC)COc1ccc2c(c1)-c1nc-2nc2[nH]c(nc3nc(nc4[nH]c(n1)c1ccc(OCC(CC)CC)cc41)-c1ccc(OCC(CC)CC)cc1-3)c1ccc(OCC(CC)CC)cc21. The fourth-order valence-electron chi connectivity index (χ4n) is 9.02. The maximum absolute atomic E-state index is 6.43. The molecule has 2 aliphatic rings. The second-order valence-corrected chi connectivity index (χ2v) is 18.4. The molecule has 3 aromatic heterocycles. The van der Waals surface area contributed by atoms with Crippen molar-refractivity contribution in [3.63, 3.8) is 0 Å². The molecule has 4 aromatic carbocycles. The van der Waals surface area contributed by atoms with Crippen molar-refractivity contribution < 1.29 is 18.9 Å². The third-order valence-corrected chi connectivity index (χ3v) is 14.3. The first-order chi connectivity index (χ1) is 33.3. The van der Waals surface area contributed by atoms with Gasteiger partial charge in [-0.2, -0.15) is 0 Å². The van der Waals surface area contributed by atoms with Crippen LogP contribution in [-0.2, 0) is 0 Å². The molecule has 0 radical (unpaired) electrons. The van der Waals surface area contributed by atoms with E-state index < -0.39 is 0 Å². The number of fused-ring (bicyclic) bond motifs is 20. The minimum absolute atomic E-state index is 0.459. The zero-order valence-corrected chi connectivity index (χ0v) is 41.0. The lowest BCUT2D eigenvalue weighted by atomic mass is 10.1. The van der Waals surface area contributed by atoms with E-state index in [-0.39, 0.29) is 0 Å². The van der Waals surface area contributed by atoms with Crippen LogP contribution < -0.4 is 18.9 Å². The third kappa shape index (κ3) is 9.60. The molecule has 0 aliphatic carbocycles. The highest BCUT2D eigenvalue weighted by atomic mass is 16.5. The van der Waals surface area contributed by atoms with Gasteiger partial charge in [-0.15, -0.1) is 0 Å². The van der Waals surface area contributed by atoms with Crippen LogP contribution in [0.2, 0.25) is 0 Å². The number of aromatic amines is 2. The van der Waals surface area contributed by atoms with Gasteiger partial charge in [0.2, 0.25) is 0 Å². The Morgan fingerprint density at radius 2 is 0.603 bits per heavy atom. The van der Waals surface area contributed by atoms with E-state index in [0.29, 0.717) is 96.0 Å². The first-order valence-electron chi connectivity index (χ1n) is 25.2. The molecule has 68 heavy (non-hydrogen) atoms. The fraction of sp³-hybridized carbons (Fsp3) is 0.429. The number of hydrogen-bond acceptors (Lipinski definition) is 10. The van der Waals surface area contributed by atoms with Crippen LogP contribution >= 0.6 is 0 Å². The number of hydrogen-bond donors (Lipinski definition) is 2. The van der Waals surface area contributed by atoms with Crippen molar-refractivity contribution in [2.24, 2.45) is 23.7 Å². The molecular formula is C56H66N8O4. The van der Waals surface area contributed by atoms with Crippen molar-refractivity contribution in [1.29, 1.82) is 0 Å². The lowest BCUT2D eigenvalue weighted by molar-refractivity contribution is 0.240. The number of nitrogens with zero attached hydrogens (tertiary/aromatic N) is 6. The summed E-state index contributed by atoms with van der Waals surface area (Å²) < 4.78 is 25.7. The van der Waals surface area contributed by atoms with E-state index >= 15 is 0 Å². The second-order valence-electron chi connectivity index (χ2n) is 18.4. The number of ether oxygens (including phenoxy) is 4. The molecule has 5 heterocycles. The van der Waals surface area contributed by atoms with Gasteiger partial charge in [0.05, 0.1) is 26.4 Å². The van der Waals surface area contributed by atoms with Gasteiger partial charge in [-0.3, -0.25) is 0 Å².